The molecule has 4 rings (SSSR count). The Balaban J connectivity index is 1.38. The second-order valence-electron chi connectivity index (χ2n) is 8.22. The largest absolute Gasteiger partial charge is 0.491 e. The lowest BCUT2D eigenvalue weighted by Crippen LogP contribution is -2.45. The van der Waals surface area contributed by atoms with Gasteiger partial charge in [-0.3, -0.25) is 9.69 Å². The number of hydrogen-bond donors (Lipinski definition) is 2. The summed E-state index contributed by atoms with van der Waals surface area (Å²) in [7, 11) is 0. The highest BCUT2D eigenvalue weighted by Crippen LogP contribution is 2.33. The number of nitrogens with one attached hydrogen (secondary N) is 1. The molecule has 0 aliphatic carbocycles. The van der Waals surface area contributed by atoms with E-state index in [9.17, 15) is 14.7 Å². The number of carbonyl (C=O) groups excluding carboxylic acids is 2. The van der Waals surface area contributed by atoms with Crippen LogP contribution in [-0.4, -0.2) is 41.2 Å². The predicted molar refractivity (Wildman–Crippen MR) is 127 cm³/mol. The molecule has 3 aromatic rings. The average Bonchev–Trinajstić information content (AvgIpc) is 3.09. The number of carbonyl (C=O) groups is 2. The van der Waals surface area contributed by atoms with E-state index in [2.05, 4.69) is 5.32 Å². The smallest absolute Gasteiger partial charge is 0.325 e. The number of ether oxygens (including phenoxy) is 1. The Labute approximate surface area is 193 Å². The molecule has 6 nitrogen and oxygen atoms in total. The van der Waals surface area contributed by atoms with Crippen LogP contribution in [0.4, 0.5) is 4.79 Å². The van der Waals surface area contributed by atoms with E-state index in [-0.39, 0.29) is 19.1 Å². The van der Waals surface area contributed by atoms with Crippen molar-refractivity contribution in [3.63, 3.8) is 0 Å². The van der Waals surface area contributed by atoms with Crippen molar-refractivity contribution in [2.24, 2.45) is 0 Å². The number of hydrogen-bond acceptors (Lipinski definition) is 4. The first-order chi connectivity index (χ1) is 16.0. The van der Waals surface area contributed by atoms with Crippen LogP contribution in [0.1, 0.15) is 25.3 Å². The van der Waals surface area contributed by atoms with Gasteiger partial charge >= 0.3 is 6.03 Å². The molecule has 2 atom stereocenters. The summed E-state index contributed by atoms with van der Waals surface area (Å²) in [6.45, 7) is 1.80. The van der Waals surface area contributed by atoms with Gasteiger partial charge in [-0.1, -0.05) is 86.1 Å². The summed E-state index contributed by atoms with van der Waals surface area (Å²) in [5, 5.41) is 13.4. The fourth-order valence-corrected chi connectivity index (χ4v) is 4.23. The Morgan fingerprint density at radius 3 is 2.15 bits per heavy atom. The minimum Gasteiger partial charge on any atom is -0.491 e. The zero-order valence-corrected chi connectivity index (χ0v) is 18.6. The van der Waals surface area contributed by atoms with Crippen LogP contribution >= 0.6 is 0 Å². The van der Waals surface area contributed by atoms with Crippen LogP contribution in [0.3, 0.4) is 0 Å². The van der Waals surface area contributed by atoms with Crippen molar-refractivity contribution in [1.82, 2.24) is 10.2 Å². The van der Waals surface area contributed by atoms with E-state index in [4.69, 9.17) is 4.74 Å². The molecule has 1 saturated heterocycles. The summed E-state index contributed by atoms with van der Waals surface area (Å²) in [4.78, 5) is 27.1. The van der Waals surface area contributed by atoms with Gasteiger partial charge in [0.2, 0.25) is 0 Å². The molecule has 0 aromatic heterocycles. The molecular weight excluding hydrogens is 416 g/mol. The zero-order valence-electron chi connectivity index (χ0n) is 18.6. The molecule has 170 valence electrons. The van der Waals surface area contributed by atoms with Gasteiger partial charge in [-0.2, -0.15) is 0 Å². The second-order valence-corrected chi connectivity index (χ2v) is 8.22. The number of β-amino-alcohol motifs (C(OH)–C–C–N with tert-alkyl or cyclic N) is 1. The lowest BCUT2D eigenvalue weighted by molar-refractivity contribution is -0.133. The van der Waals surface area contributed by atoms with Crippen LogP contribution in [0.15, 0.2) is 84.9 Å². The number of nitrogens with zero attached hydrogens (tertiary/aromatic N) is 1. The molecular formula is C27H28N2O4. The Morgan fingerprint density at radius 2 is 1.52 bits per heavy atom. The minimum absolute atomic E-state index is 0.0339. The number of benzene rings is 3. The molecule has 0 spiro atoms. The van der Waals surface area contributed by atoms with E-state index >= 15 is 0 Å². The van der Waals surface area contributed by atoms with Crippen LogP contribution in [-0.2, 0) is 10.3 Å². The normalized spacial score (nSPS) is 18.8. The molecule has 2 unspecified atom stereocenters. The van der Waals surface area contributed by atoms with Crippen molar-refractivity contribution >= 4 is 11.9 Å². The third-order valence-corrected chi connectivity index (χ3v) is 5.86. The van der Waals surface area contributed by atoms with Gasteiger partial charge in [-0.15, -0.1) is 0 Å². The van der Waals surface area contributed by atoms with E-state index in [0.29, 0.717) is 12.2 Å². The van der Waals surface area contributed by atoms with Crippen molar-refractivity contribution in [3.8, 4) is 16.9 Å². The highest BCUT2D eigenvalue weighted by Gasteiger charge is 2.51. The monoisotopic (exact) mass is 444 g/mol. The Hall–Kier alpha value is -3.64. The number of aliphatic hydroxyl groups is 1. The van der Waals surface area contributed by atoms with E-state index in [1.165, 1.54) is 0 Å². The van der Waals surface area contributed by atoms with Crippen LogP contribution in [0.25, 0.3) is 11.1 Å². The van der Waals surface area contributed by atoms with Gasteiger partial charge in [0, 0.05) is 0 Å². The fourth-order valence-electron chi connectivity index (χ4n) is 4.23. The number of amides is 3. The standard InChI is InChI=1S/C27H28N2O4/c1-2-17-27(22-11-7-4-8-12-22)25(31)29(26(32)28-27)18-23(30)19-33-24-15-13-21(14-16-24)20-9-5-3-6-10-20/h3-16,23,30H,2,17-19H2,1H3,(H,28,32). The average molecular weight is 445 g/mol. The van der Waals surface area contributed by atoms with Crippen molar-refractivity contribution in [2.45, 2.75) is 31.4 Å². The molecule has 1 aliphatic rings. The van der Waals surface area contributed by atoms with Crippen molar-refractivity contribution in [3.05, 3.63) is 90.5 Å². The maximum absolute atomic E-state index is 13.3. The molecule has 33 heavy (non-hydrogen) atoms. The van der Waals surface area contributed by atoms with E-state index in [0.717, 1.165) is 28.0 Å². The van der Waals surface area contributed by atoms with Gasteiger partial charge in [0.1, 0.15) is 24.0 Å². The maximum atomic E-state index is 13.3. The van der Waals surface area contributed by atoms with E-state index in [1.807, 2.05) is 91.9 Å². The Morgan fingerprint density at radius 1 is 0.909 bits per heavy atom. The molecule has 0 bridgehead atoms. The zero-order chi connectivity index (χ0) is 23.3. The van der Waals surface area contributed by atoms with Crippen LogP contribution in [0.5, 0.6) is 5.75 Å². The minimum atomic E-state index is -1.10. The molecule has 1 fully saturated rings. The van der Waals surface area contributed by atoms with Crippen molar-refractivity contribution in [1.29, 1.82) is 0 Å². The van der Waals surface area contributed by atoms with Gasteiger partial charge in [-0.05, 0) is 35.2 Å². The highest BCUT2D eigenvalue weighted by atomic mass is 16.5. The van der Waals surface area contributed by atoms with Gasteiger partial charge < -0.3 is 15.2 Å². The summed E-state index contributed by atoms with van der Waals surface area (Å²) >= 11 is 0. The summed E-state index contributed by atoms with van der Waals surface area (Å²) in [6, 6.07) is 26.3. The fraction of sp³-hybridized carbons (Fsp3) is 0.259. The summed E-state index contributed by atoms with van der Waals surface area (Å²) in [6.07, 6.45) is 0.194. The molecule has 1 aliphatic heterocycles. The van der Waals surface area contributed by atoms with E-state index in [1.54, 1.807) is 0 Å². The van der Waals surface area contributed by atoms with Crippen molar-refractivity contribution in [2.75, 3.05) is 13.2 Å². The third kappa shape index (κ3) is 4.76. The van der Waals surface area contributed by atoms with Gasteiger partial charge in [-0.25, -0.2) is 4.79 Å². The number of imide groups is 1. The summed E-state index contributed by atoms with van der Waals surface area (Å²) < 4.78 is 5.70. The van der Waals surface area contributed by atoms with Crippen LogP contribution < -0.4 is 10.1 Å². The molecule has 0 radical (unpaired) electrons. The lowest BCUT2D eigenvalue weighted by Gasteiger charge is -2.27. The number of aliphatic hydroxyl groups excluding tert-OH is 1. The maximum Gasteiger partial charge on any atom is 0.325 e. The first-order valence-electron chi connectivity index (χ1n) is 11.2. The number of rotatable bonds is 9. The molecule has 1 heterocycles. The van der Waals surface area contributed by atoms with Crippen molar-refractivity contribution < 1.29 is 19.4 Å². The summed E-state index contributed by atoms with van der Waals surface area (Å²) in [5.74, 6) is 0.266. The molecule has 3 amide bonds. The molecule has 3 aromatic carbocycles. The Kier molecular flexibility index (Phi) is 6.75. The predicted octanol–water partition coefficient (Wildman–Crippen LogP) is 4.34. The first kappa shape index (κ1) is 22.6. The molecule has 0 saturated carbocycles. The van der Waals surface area contributed by atoms with Gasteiger partial charge in [0.05, 0.1) is 6.54 Å². The third-order valence-electron chi connectivity index (χ3n) is 5.86. The first-order valence-corrected chi connectivity index (χ1v) is 11.2. The van der Waals surface area contributed by atoms with E-state index < -0.39 is 17.7 Å². The Bertz CT molecular complexity index is 1090. The van der Waals surface area contributed by atoms with Gasteiger partial charge in [0.25, 0.3) is 5.91 Å². The summed E-state index contributed by atoms with van der Waals surface area (Å²) in [5.41, 5.74) is 1.82. The highest BCUT2D eigenvalue weighted by molar-refractivity contribution is 6.07. The molecule has 2 N–H and O–H groups in total. The van der Waals surface area contributed by atoms with Crippen LogP contribution in [0, 0.1) is 0 Å². The topological polar surface area (TPSA) is 78.9 Å². The molecule has 6 heteroatoms. The van der Waals surface area contributed by atoms with Gasteiger partial charge in [0.15, 0.2) is 0 Å². The number of urea groups is 1. The SMILES string of the molecule is CCCC1(c2ccccc2)NC(=O)N(CC(O)COc2ccc(-c3ccccc3)cc2)C1=O. The quantitative estimate of drug-likeness (QED) is 0.481. The van der Waals surface area contributed by atoms with Crippen LogP contribution in [0.2, 0.25) is 0 Å². The lowest BCUT2D eigenvalue weighted by atomic mass is 9.85. The second kappa shape index (κ2) is 9.88.